The lowest BCUT2D eigenvalue weighted by Gasteiger charge is -2.20. The van der Waals surface area contributed by atoms with Gasteiger partial charge in [-0.05, 0) is 70.2 Å². The molecule has 26 heavy (non-hydrogen) atoms. The molecule has 0 aromatic heterocycles. The van der Waals surface area contributed by atoms with Gasteiger partial charge in [-0.15, -0.1) is 0 Å². The maximum Gasteiger partial charge on any atom is 0.255 e. The normalized spacial score (nSPS) is 11.8. The third-order valence-electron chi connectivity index (χ3n) is 3.27. The molecule has 0 radical (unpaired) electrons. The van der Waals surface area contributed by atoms with Crippen molar-refractivity contribution in [3.05, 3.63) is 54.1 Å². The third kappa shape index (κ3) is 5.57. The molecule has 2 aromatic rings. The van der Waals surface area contributed by atoms with Crippen LogP contribution in [-0.2, 0) is 10.0 Å². The highest BCUT2D eigenvalue weighted by molar-refractivity contribution is 7.89. The molecule has 140 valence electrons. The Hall–Kier alpha value is -2.38. The first-order valence-corrected chi connectivity index (χ1v) is 9.77. The molecule has 7 heteroatoms. The summed E-state index contributed by atoms with van der Waals surface area (Å²) in [6.07, 6.45) is 0. The summed E-state index contributed by atoms with van der Waals surface area (Å²) in [5.74, 6) is 0.324. The zero-order valence-corrected chi connectivity index (χ0v) is 16.2. The molecule has 0 heterocycles. The van der Waals surface area contributed by atoms with Crippen LogP contribution in [-0.4, -0.2) is 26.5 Å². The highest BCUT2D eigenvalue weighted by Gasteiger charge is 2.21. The van der Waals surface area contributed by atoms with Gasteiger partial charge in [0.2, 0.25) is 10.0 Å². The molecule has 0 fully saturated rings. The van der Waals surface area contributed by atoms with Crippen LogP contribution in [0.5, 0.6) is 5.75 Å². The number of rotatable bonds is 6. The Morgan fingerprint density at radius 3 is 2.31 bits per heavy atom. The van der Waals surface area contributed by atoms with Gasteiger partial charge in [0.05, 0.1) is 11.5 Å². The van der Waals surface area contributed by atoms with Crippen LogP contribution in [0.15, 0.2) is 53.4 Å². The van der Waals surface area contributed by atoms with E-state index in [9.17, 15) is 13.2 Å². The Morgan fingerprint density at radius 1 is 1.08 bits per heavy atom. The van der Waals surface area contributed by atoms with Gasteiger partial charge in [0.25, 0.3) is 5.91 Å². The van der Waals surface area contributed by atoms with Gasteiger partial charge in [-0.3, -0.25) is 4.79 Å². The summed E-state index contributed by atoms with van der Waals surface area (Å²) in [7, 11) is -3.61. The third-order valence-corrected chi connectivity index (χ3v) is 5.04. The summed E-state index contributed by atoms with van der Waals surface area (Å²) in [5, 5.41) is 2.74. The van der Waals surface area contributed by atoms with Gasteiger partial charge < -0.3 is 10.1 Å². The molecule has 0 saturated carbocycles. The summed E-state index contributed by atoms with van der Waals surface area (Å²) < 4.78 is 32.6. The largest absolute Gasteiger partial charge is 0.494 e. The number of ether oxygens (including phenoxy) is 1. The first-order valence-electron chi connectivity index (χ1n) is 8.29. The second-order valence-corrected chi connectivity index (χ2v) is 8.48. The number of nitrogens with one attached hydrogen (secondary N) is 2. The summed E-state index contributed by atoms with van der Waals surface area (Å²) in [6.45, 7) is 7.71. The number of hydrogen-bond acceptors (Lipinski definition) is 4. The molecule has 6 nitrogen and oxygen atoms in total. The van der Waals surface area contributed by atoms with Gasteiger partial charge in [0, 0.05) is 16.8 Å². The molecular weight excluding hydrogens is 352 g/mol. The van der Waals surface area contributed by atoms with Crippen LogP contribution in [0, 0.1) is 0 Å². The molecule has 1 amide bonds. The van der Waals surface area contributed by atoms with Crippen molar-refractivity contribution in [2.75, 3.05) is 11.9 Å². The summed E-state index contributed by atoms with van der Waals surface area (Å²) in [5.41, 5.74) is 0.394. The molecule has 0 aliphatic rings. The van der Waals surface area contributed by atoms with Crippen LogP contribution in [0.2, 0.25) is 0 Å². The molecule has 0 bridgehead atoms. The van der Waals surface area contributed by atoms with Crippen LogP contribution in [0.1, 0.15) is 38.1 Å². The lowest BCUT2D eigenvalue weighted by atomic mass is 10.1. The molecule has 0 aliphatic heterocycles. The lowest BCUT2D eigenvalue weighted by molar-refractivity contribution is 0.102. The SMILES string of the molecule is CCOc1cccc(C(=O)Nc2ccc(S(=O)(=O)NC(C)(C)C)cc2)c1. The molecule has 0 aliphatic carbocycles. The molecule has 0 saturated heterocycles. The Kier molecular flexibility index (Phi) is 6.05. The molecule has 0 spiro atoms. The van der Waals surface area contributed by atoms with Crippen LogP contribution in [0.3, 0.4) is 0 Å². The van der Waals surface area contributed by atoms with Crippen molar-refractivity contribution >= 4 is 21.6 Å². The number of benzene rings is 2. The Labute approximate surface area is 154 Å². The van der Waals surface area contributed by atoms with E-state index < -0.39 is 15.6 Å². The minimum Gasteiger partial charge on any atom is -0.494 e. The van der Waals surface area contributed by atoms with E-state index in [1.807, 2.05) is 6.92 Å². The molecule has 2 aromatic carbocycles. The van der Waals surface area contributed by atoms with E-state index in [4.69, 9.17) is 4.74 Å². The quantitative estimate of drug-likeness (QED) is 0.809. The number of anilines is 1. The standard InChI is InChI=1S/C19H24N2O4S/c1-5-25-16-8-6-7-14(13-16)18(22)20-15-9-11-17(12-10-15)26(23,24)21-19(2,3)4/h6-13,21H,5H2,1-4H3,(H,20,22). The van der Waals surface area contributed by atoms with Gasteiger partial charge in [-0.1, -0.05) is 6.07 Å². The van der Waals surface area contributed by atoms with E-state index in [0.717, 1.165) is 0 Å². The molecular formula is C19H24N2O4S. The number of sulfonamides is 1. The second kappa shape index (κ2) is 7.88. The maximum atomic E-state index is 12.3. The van der Waals surface area contributed by atoms with Gasteiger partial charge in [0.15, 0.2) is 0 Å². The minimum absolute atomic E-state index is 0.142. The van der Waals surface area contributed by atoms with Crippen molar-refractivity contribution in [3.63, 3.8) is 0 Å². The number of carbonyl (C=O) groups excluding carboxylic acids is 1. The van der Waals surface area contributed by atoms with Crippen LogP contribution >= 0.6 is 0 Å². The zero-order chi connectivity index (χ0) is 19.4. The summed E-state index contributed by atoms with van der Waals surface area (Å²) in [4.78, 5) is 12.5. The Bertz CT molecular complexity index is 869. The number of carbonyl (C=O) groups is 1. The minimum atomic E-state index is -3.61. The van der Waals surface area contributed by atoms with Gasteiger partial charge in [-0.25, -0.2) is 13.1 Å². The van der Waals surface area contributed by atoms with Crippen molar-refractivity contribution in [1.29, 1.82) is 0 Å². The average molecular weight is 376 g/mol. The fourth-order valence-electron chi connectivity index (χ4n) is 2.28. The van der Waals surface area contributed by atoms with E-state index in [0.29, 0.717) is 23.6 Å². The predicted molar refractivity (Wildman–Crippen MR) is 102 cm³/mol. The van der Waals surface area contributed by atoms with E-state index >= 15 is 0 Å². The van der Waals surface area contributed by atoms with Gasteiger partial charge in [0.1, 0.15) is 5.75 Å². The van der Waals surface area contributed by atoms with Crippen molar-refractivity contribution in [2.24, 2.45) is 0 Å². The van der Waals surface area contributed by atoms with Gasteiger partial charge >= 0.3 is 0 Å². The van der Waals surface area contributed by atoms with Crippen LogP contribution in [0.4, 0.5) is 5.69 Å². The molecule has 0 unspecified atom stereocenters. The Balaban J connectivity index is 2.12. The van der Waals surface area contributed by atoms with Crippen molar-refractivity contribution in [3.8, 4) is 5.75 Å². The maximum absolute atomic E-state index is 12.3. The van der Waals surface area contributed by atoms with E-state index in [-0.39, 0.29) is 10.8 Å². The highest BCUT2D eigenvalue weighted by atomic mass is 32.2. The smallest absolute Gasteiger partial charge is 0.255 e. The second-order valence-electron chi connectivity index (χ2n) is 6.79. The van der Waals surface area contributed by atoms with E-state index in [2.05, 4.69) is 10.0 Å². The number of hydrogen-bond donors (Lipinski definition) is 2. The van der Waals surface area contributed by atoms with E-state index in [1.165, 1.54) is 12.1 Å². The Morgan fingerprint density at radius 2 is 1.73 bits per heavy atom. The molecule has 2 N–H and O–H groups in total. The summed E-state index contributed by atoms with van der Waals surface area (Å²) >= 11 is 0. The molecule has 2 rings (SSSR count). The van der Waals surface area contributed by atoms with Crippen LogP contribution in [0.25, 0.3) is 0 Å². The van der Waals surface area contributed by atoms with Crippen molar-refractivity contribution < 1.29 is 17.9 Å². The van der Waals surface area contributed by atoms with E-state index in [1.54, 1.807) is 57.2 Å². The first kappa shape index (κ1) is 19.9. The molecule has 0 atom stereocenters. The number of amides is 1. The first-order chi connectivity index (χ1) is 12.1. The summed E-state index contributed by atoms with van der Waals surface area (Å²) in [6, 6.07) is 12.9. The predicted octanol–water partition coefficient (Wildman–Crippen LogP) is 3.41. The van der Waals surface area contributed by atoms with Crippen molar-refractivity contribution in [1.82, 2.24) is 4.72 Å². The average Bonchev–Trinajstić information content (AvgIpc) is 2.54. The van der Waals surface area contributed by atoms with Gasteiger partial charge in [-0.2, -0.15) is 0 Å². The lowest BCUT2D eigenvalue weighted by Crippen LogP contribution is -2.40. The zero-order valence-electron chi connectivity index (χ0n) is 15.4. The highest BCUT2D eigenvalue weighted by Crippen LogP contribution is 2.18. The van der Waals surface area contributed by atoms with Crippen LogP contribution < -0.4 is 14.8 Å². The fourth-order valence-corrected chi connectivity index (χ4v) is 3.69. The topological polar surface area (TPSA) is 84.5 Å². The monoisotopic (exact) mass is 376 g/mol. The fraction of sp³-hybridized carbons (Fsp3) is 0.316. The van der Waals surface area contributed by atoms with Crippen molar-refractivity contribution in [2.45, 2.75) is 38.1 Å².